The summed E-state index contributed by atoms with van der Waals surface area (Å²) in [6.07, 6.45) is 21.7. The Hall–Kier alpha value is 0.0700. The molecule has 0 radical (unpaired) electrons. The van der Waals surface area contributed by atoms with Crippen LogP contribution in [-0.4, -0.2) is 31.8 Å². The maximum Gasteiger partial charge on any atom is 0.471 e. The van der Waals surface area contributed by atoms with Gasteiger partial charge in [0.15, 0.2) is 0 Å². The van der Waals surface area contributed by atoms with Gasteiger partial charge in [-0.15, -0.1) is 0 Å². The molecule has 1 N–H and O–H groups in total. The van der Waals surface area contributed by atoms with Gasteiger partial charge in [-0.05, 0) is 6.42 Å². The SMILES string of the molecule is CCCCCCCCCCCCCCCCCCOCCOP(=O)(O)OC. The zero-order chi connectivity index (χ0) is 20.1. The van der Waals surface area contributed by atoms with Crippen molar-refractivity contribution in [1.82, 2.24) is 0 Å². The number of phosphoric acid groups is 1. The van der Waals surface area contributed by atoms with Gasteiger partial charge in [0, 0.05) is 13.7 Å². The minimum Gasteiger partial charge on any atom is -0.379 e. The Kier molecular flexibility index (Phi) is 20.8. The molecule has 0 heterocycles. The van der Waals surface area contributed by atoms with Gasteiger partial charge in [-0.1, -0.05) is 103 Å². The van der Waals surface area contributed by atoms with Gasteiger partial charge in [-0.3, -0.25) is 9.05 Å². The Balaban J connectivity index is 3.06. The molecule has 0 rings (SSSR count). The van der Waals surface area contributed by atoms with Crippen LogP contribution in [0.4, 0.5) is 0 Å². The third kappa shape index (κ3) is 22.2. The van der Waals surface area contributed by atoms with Crippen molar-refractivity contribution in [3.05, 3.63) is 0 Å². The number of hydrogen-bond acceptors (Lipinski definition) is 4. The molecule has 0 aromatic carbocycles. The smallest absolute Gasteiger partial charge is 0.379 e. The molecule has 0 amide bonds. The third-order valence-electron chi connectivity index (χ3n) is 4.86. The quantitative estimate of drug-likeness (QED) is 0.154. The van der Waals surface area contributed by atoms with Crippen molar-refractivity contribution < 1.29 is 23.2 Å². The fraction of sp³-hybridized carbons (Fsp3) is 1.00. The Morgan fingerprint density at radius 1 is 0.630 bits per heavy atom. The fourth-order valence-electron chi connectivity index (χ4n) is 3.12. The Morgan fingerprint density at radius 2 is 1.04 bits per heavy atom. The van der Waals surface area contributed by atoms with Crippen molar-refractivity contribution in [2.45, 2.75) is 110 Å². The molecule has 6 heteroatoms. The van der Waals surface area contributed by atoms with Crippen LogP contribution in [0.15, 0.2) is 0 Å². The fourth-order valence-corrected chi connectivity index (χ4v) is 3.53. The summed E-state index contributed by atoms with van der Waals surface area (Å²) in [7, 11) is -2.70. The standard InChI is InChI=1S/C21H45O5P/c1-3-4-5-6-7-8-9-10-11-12-13-14-15-16-17-18-19-25-20-21-26-27(22,23)24-2/h3-21H2,1-2H3,(H,22,23). The molecular weight excluding hydrogens is 363 g/mol. The van der Waals surface area contributed by atoms with Gasteiger partial charge in [0.1, 0.15) is 0 Å². The van der Waals surface area contributed by atoms with Crippen LogP contribution in [0.5, 0.6) is 0 Å². The first kappa shape index (κ1) is 27.1. The van der Waals surface area contributed by atoms with Gasteiger partial charge in [-0.2, -0.15) is 0 Å². The second-order valence-corrected chi connectivity index (χ2v) is 8.96. The molecule has 1 atom stereocenters. The second kappa shape index (κ2) is 20.8. The number of unbranched alkanes of at least 4 members (excludes halogenated alkanes) is 15. The van der Waals surface area contributed by atoms with Crippen LogP contribution in [0.1, 0.15) is 110 Å². The van der Waals surface area contributed by atoms with E-state index in [1.54, 1.807) is 0 Å². The van der Waals surface area contributed by atoms with Crippen LogP contribution < -0.4 is 0 Å². The predicted molar refractivity (Wildman–Crippen MR) is 113 cm³/mol. The zero-order valence-electron chi connectivity index (χ0n) is 18.0. The number of rotatable bonds is 22. The lowest BCUT2D eigenvalue weighted by Gasteiger charge is -2.09. The summed E-state index contributed by atoms with van der Waals surface area (Å²) in [6.45, 7) is 3.37. The molecule has 27 heavy (non-hydrogen) atoms. The summed E-state index contributed by atoms with van der Waals surface area (Å²) in [6, 6.07) is 0. The van der Waals surface area contributed by atoms with Crippen molar-refractivity contribution in [2.24, 2.45) is 0 Å². The van der Waals surface area contributed by atoms with E-state index >= 15 is 0 Å². The van der Waals surface area contributed by atoms with Gasteiger partial charge in [0.05, 0.1) is 13.2 Å². The van der Waals surface area contributed by atoms with E-state index in [-0.39, 0.29) is 6.61 Å². The summed E-state index contributed by atoms with van der Waals surface area (Å²) in [5.41, 5.74) is 0. The van der Waals surface area contributed by atoms with Gasteiger partial charge in [0.2, 0.25) is 0 Å². The highest BCUT2D eigenvalue weighted by Crippen LogP contribution is 2.41. The molecule has 0 aromatic heterocycles. The van der Waals surface area contributed by atoms with E-state index in [9.17, 15) is 4.57 Å². The first-order chi connectivity index (χ1) is 13.1. The predicted octanol–water partition coefficient (Wildman–Crippen LogP) is 7.03. The van der Waals surface area contributed by atoms with Gasteiger partial charge < -0.3 is 9.63 Å². The van der Waals surface area contributed by atoms with Crippen LogP contribution in [0.2, 0.25) is 0 Å². The number of phosphoric ester groups is 1. The van der Waals surface area contributed by atoms with E-state index in [0.29, 0.717) is 13.2 Å². The molecule has 0 spiro atoms. The molecule has 0 bridgehead atoms. The van der Waals surface area contributed by atoms with E-state index in [2.05, 4.69) is 16.0 Å². The van der Waals surface area contributed by atoms with Crippen LogP contribution in [0, 0.1) is 0 Å². The summed E-state index contributed by atoms with van der Waals surface area (Å²) >= 11 is 0. The van der Waals surface area contributed by atoms with Crippen LogP contribution in [0.3, 0.4) is 0 Å². The molecule has 0 saturated heterocycles. The van der Waals surface area contributed by atoms with E-state index in [1.807, 2.05) is 0 Å². The highest BCUT2D eigenvalue weighted by molar-refractivity contribution is 7.47. The summed E-state index contributed by atoms with van der Waals surface area (Å²) < 4.78 is 25.4. The molecule has 0 aliphatic carbocycles. The van der Waals surface area contributed by atoms with Gasteiger partial charge in [-0.25, -0.2) is 4.57 Å². The summed E-state index contributed by atoms with van der Waals surface area (Å²) in [4.78, 5) is 9.03. The Bertz CT molecular complexity index is 339. The molecule has 0 aliphatic heterocycles. The molecule has 1 unspecified atom stereocenters. The second-order valence-electron chi connectivity index (χ2n) is 7.40. The maximum atomic E-state index is 11.0. The average Bonchev–Trinajstić information content (AvgIpc) is 2.66. The maximum absolute atomic E-state index is 11.0. The normalized spacial score (nSPS) is 13.7. The highest BCUT2D eigenvalue weighted by Gasteiger charge is 2.17. The van der Waals surface area contributed by atoms with Gasteiger partial charge >= 0.3 is 7.82 Å². The monoisotopic (exact) mass is 408 g/mol. The molecule has 0 saturated carbocycles. The summed E-state index contributed by atoms with van der Waals surface area (Å²) in [5.74, 6) is 0. The van der Waals surface area contributed by atoms with Crippen LogP contribution in [0.25, 0.3) is 0 Å². The molecule has 0 aliphatic rings. The Morgan fingerprint density at radius 3 is 1.44 bits per heavy atom. The first-order valence-electron chi connectivity index (χ1n) is 11.2. The van der Waals surface area contributed by atoms with Crippen molar-refractivity contribution in [2.75, 3.05) is 26.9 Å². The number of ether oxygens (including phenoxy) is 1. The van der Waals surface area contributed by atoms with Crippen LogP contribution in [-0.2, 0) is 18.3 Å². The zero-order valence-corrected chi connectivity index (χ0v) is 18.9. The average molecular weight is 409 g/mol. The lowest BCUT2D eigenvalue weighted by molar-refractivity contribution is 0.0793. The molecule has 5 nitrogen and oxygen atoms in total. The van der Waals surface area contributed by atoms with Crippen molar-refractivity contribution in [3.63, 3.8) is 0 Å². The van der Waals surface area contributed by atoms with E-state index in [0.717, 1.165) is 13.5 Å². The van der Waals surface area contributed by atoms with E-state index in [4.69, 9.17) is 9.63 Å². The van der Waals surface area contributed by atoms with Gasteiger partial charge in [0.25, 0.3) is 0 Å². The number of hydrogen-bond donors (Lipinski definition) is 1. The molecule has 0 aromatic rings. The van der Waals surface area contributed by atoms with E-state index < -0.39 is 7.82 Å². The van der Waals surface area contributed by atoms with Crippen LogP contribution >= 0.6 is 7.82 Å². The highest BCUT2D eigenvalue weighted by atomic mass is 31.2. The minimum absolute atomic E-state index is 0.0838. The molecule has 0 fully saturated rings. The lowest BCUT2D eigenvalue weighted by Crippen LogP contribution is -2.04. The Labute approximate surface area is 168 Å². The lowest BCUT2D eigenvalue weighted by atomic mass is 10.0. The molecular formula is C21H45O5P. The van der Waals surface area contributed by atoms with E-state index in [1.165, 1.54) is 96.3 Å². The summed E-state index contributed by atoms with van der Waals surface area (Å²) in [5, 5.41) is 0. The van der Waals surface area contributed by atoms with Crippen molar-refractivity contribution in [3.8, 4) is 0 Å². The first-order valence-corrected chi connectivity index (χ1v) is 12.7. The van der Waals surface area contributed by atoms with Crippen molar-refractivity contribution >= 4 is 7.82 Å². The van der Waals surface area contributed by atoms with Crippen molar-refractivity contribution in [1.29, 1.82) is 0 Å². The topological polar surface area (TPSA) is 65.0 Å². The largest absolute Gasteiger partial charge is 0.471 e. The third-order valence-corrected chi connectivity index (χ3v) is 5.83. The minimum atomic E-state index is -3.85. The molecule has 164 valence electrons.